The van der Waals surface area contributed by atoms with Gasteiger partial charge in [-0.3, -0.25) is 0 Å². The Labute approximate surface area is 100 Å². The molecule has 0 aliphatic heterocycles. The molecule has 0 saturated heterocycles. The second-order valence-corrected chi connectivity index (χ2v) is 5.01. The van der Waals surface area contributed by atoms with E-state index in [0.717, 1.165) is 19.6 Å². The summed E-state index contributed by atoms with van der Waals surface area (Å²) >= 11 is 6.32. The van der Waals surface area contributed by atoms with Gasteiger partial charge in [0.15, 0.2) is 0 Å². The maximum atomic E-state index is 6.32. The van der Waals surface area contributed by atoms with E-state index in [2.05, 4.69) is 38.2 Å². The average Bonchev–Trinajstić information content (AvgIpc) is 2.18. The highest BCUT2D eigenvalue weighted by molar-refractivity contribution is 6.21. The van der Waals surface area contributed by atoms with E-state index >= 15 is 0 Å². The lowest BCUT2D eigenvalue weighted by molar-refractivity contribution is 0.388. The first-order valence-corrected chi connectivity index (χ1v) is 6.54. The van der Waals surface area contributed by atoms with Crippen LogP contribution in [0.2, 0.25) is 0 Å². The minimum atomic E-state index is 0.291. The van der Waals surface area contributed by atoms with Crippen LogP contribution in [-0.4, -0.2) is 44.0 Å². The predicted octanol–water partition coefficient (Wildman–Crippen LogP) is 2.57. The molecule has 0 spiro atoms. The van der Waals surface area contributed by atoms with E-state index in [0.29, 0.717) is 11.3 Å². The van der Waals surface area contributed by atoms with E-state index < -0.39 is 0 Å². The Hall–Kier alpha value is 0.210. The molecular formula is C12H27ClN2. The van der Waals surface area contributed by atoms with Crippen molar-refractivity contribution >= 4 is 11.6 Å². The van der Waals surface area contributed by atoms with Crippen LogP contribution < -0.4 is 5.32 Å². The second kappa shape index (κ2) is 9.44. The van der Waals surface area contributed by atoms with Crippen molar-refractivity contribution in [3.63, 3.8) is 0 Å². The van der Waals surface area contributed by atoms with Crippen LogP contribution in [0, 0.1) is 5.92 Å². The Morgan fingerprint density at radius 2 is 1.80 bits per heavy atom. The van der Waals surface area contributed by atoms with E-state index in [1.807, 2.05) is 0 Å². The first-order chi connectivity index (χ1) is 7.11. The summed E-state index contributed by atoms with van der Waals surface area (Å²) in [6, 6.07) is 0. The van der Waals surface area contributed by atoms with Crippen LogP contribution in [0.25, 0.3) is 0 Å². The van der Waals surface area contributed by atoms with Crippen molar-refractivity contribution in [2.45, 2.75) is 38.5 Å². The lowest BCUT2D eigenvalue weighted by Gasteiger charge is -2.19. The third kappa shape index (κ3) is 8.06. The molecule has 0 amide bonds. The van der Waals surface area contributed by atoms with E-state index in [-0.39, 0.29) is 0 Å². The quantitative estimate of drug-likeness (QED) is 0.487. The molecular weight excluding hydrogens is 208 g/mol. The van der Waals surface area contributed by atoms with Crippen LogP contribution in [0.3, 0.4) is 0 Å². The molecule has 0 rings (SSSR count). The minimum absolute atomic E-state index is 0.291. The molecule has 0 heterocycles. The molecule has 1 N–H and O–H groups in total. The highest BCUT2D eigenvalue weighted by Gasteiger charge is 2.14. The largest absolute Gasteiger partial charge is 0.315 e. The van der Waals surface area contributed by atoms with Crippen LogP contribution >= 0.6 is 11.6 Å². The monoisotopic (exact) mass is 234 g/mol. The summed E-state index contributed by atoms with van der Waals surface area (Å²) in [5.41, 5.74) is 0. The first-order valence-electron chi connectivity index (χ1n) is 6.11. The molecule has 0 aliphatic carbocycles. The predicted molar refractivity (Wildman–Crippen MR) is 69.8 cm³/mol. The van der Waals surface area contributed by atoms with Gasteiger partial charge < -0.3 is 10.2 Å². The summed E-state index contributed by atoms with van der Waals surface area (Å²) in [6.45, 7) is 7.60. The molecule has 15 heavy (non-hydrogen) atoms. The van der Waals surface area contributed by atoms with Gasteiger partial charge in [0.25, 0.3) is 0 Å². The fourth-order valence-electron chi connectivity index (χ4n) is 1.73. The van der Waals surface area contributed by atoms with Crippen molar-refractivity contribution < 1.29 is 0 Å². The summed E-state index contributed by atoms with van der Waals surface area (Å²) in [7, 11) is 4.21. The van der Waals surface area contributed by atoms with Gasteiger partial charge in [0, 0.05) is 11.9 Å². The molecule has 0 aromatic carbocycles. The molecule has 0 aliphatic rings. The standard InChI is InChI=1S/C12H27ClN2/c1-5-11(6-2)12(13)10-14-8-7-9-15(3)4/h11-12,14H,5-10H2,1-4H3. The van der Waals surface area contributed by atoms with Gasteiger partial charge in [0.2, 0.25) is 0 Å². The van der Waals surface area contributed by atoms with Crippen molar-refractivity contribution in [3.05, 3.63) is 0 Å². The highest BCUT2D eigenvalue weighted by Crippen LogP contribution is 2.17. The van der Waals surface area contributed by atoms with Crippen LogP contribution in [0.5, 0.6) is 0 Å². The summed E-state index contributed by atoms with van der Waals surface area (Å²) in [6.07, 6.45) is 3.56. The van der Waals surface area contributed by atoms with Crippen molar-refractivity contribution in [2.75, 3.05) is 33.7 Å². The van der Waals surface area contributed by atoms with Gasteiger partial charge in [-0.25, -0.2) is 0 Å². The molecule has 1 unspecified atom stereocenters. The second-order valence-electron chi connectivity index (χ2n) is 4.45. The molecule has 92 valence electrons. The maximum Gasteiger partial charge on any atom is 0.0488 e. The van der Waals surface area contributed by atoms with Gasteiger partial charge in [-0.2, -0.15) is 0 Å². The van der Waals surface area contributed by atoms with Crippen LogP contribution in [0.4, 0.5) is 0 Å². The number of halogens is 1. The molecule has 1 atom stereocenters. The molecule has 3 heteroatoms. The Morgan fingerprint density at radius 1 is 1.20 bits per heavy atom. The normalized spacial score (nSPS) is 13.8. The van der Waals surface area contributed by atoms with Gasteiger partial charge in [-0.05, 0) is 39.5 Å². The Bertz CT molecular complexity index is 136. The molecule has 0 fully saturated rings. The zero-order chi connectivity index (χ0) is 11.7. The van der Waals surface area contributed by atoms with Gasteiger partial charge in [-0.15, -0.1) is 11.6 Å². The lowest BCUT2D eigenvalue weighted by Crippen LogP contribution is -2.30. The minimum Gasteiger partial charge on any atom is -0.315 e. The van der Waals surface area contributed by atoms with Crippen LogP contribution in [0.1, 0.15) is 33.1 Å². The summed E-state index contributed by atoms with van der Waals surface area (Å²) in [5, 5.41) is 3.72. The molecule has 0 saturated carbocycles. The highest BCUT2D eigenvalue weighted by atomic mass is 35.5. The average molecular weight is 235 g/mol. The zero-order valence-electron chi connectivity index (χ0n) is 10.7. The van der Waals surface area contributed by atoms with Gasteiger partial charge in [0.1, 0.15) is 0 Å². The molecule has 0 aromatic heterocycles. The summed E-state index contributed by atoms with van der Waals surface area (Å²) in [4.78, 5) is 2.21. The van der Waals surface area contributed by atoms with Gasteiger partial charge in [0.05, 0.1) is 0 Å². The SMILES string of the molecule is CCC(CC)C(Cl)CNCCCN(C)C. The third-order valence-corrected chi connectivity index (χ3v) is 3.37. The Balaban J connectivity index is 3.41. The van der Waals surface area contributed by atoms with Gasteiger partial charge in [-0.1, -0.05) is 26.7 Å². The van der Waals surface area contributed by atoms with Crippen LogP contribution in [-0.2, 0) is 0 Å². The Kier molecular flexibility index (Phi) is 9.57. The third-order valence-electron chi connectivity index (χ3n) is 2.86. The molecule has 0 aromatic rings. The fourth-order valence-corrected chi connectivity index (χ4v) is 2.19. The van der Waals surface area contributed by atoms with E-state index in [1.165, 1.54) is 19.3 Å². The number of hydrogen-bond acceptors (Lipinski definition) is 2. The van der Waals surface area contributed by atoms with E-state index in [1.54, 1.807) is 0 Å². The summed E-state index contributed by atoms with van der Waals surface area (Å²) in [5.74, 6) is 0.660. The molecule has 0 radical (unpaired) electrons. The number of alkyl halides is 1. The molecule has 2 nitrogen and oxygen atoms in total. The van der Waals surface area contributed by atoms with E-state index in [9.17, 15) is 0 Å². The number of rotatable bonds is 9. The van der Waals surface area contributed by atoms with Crippen molar-refractivity contribution in [3.8, 4) is 0 Å². The van der Waals surface area contributed by atoms with Crippen molar-refractivity contribution in [1.82, 2.24) is 10.2 Å². The van der Waals surface area contributed by atoms with E-state index in [4.69, 9.17) is 11.6 Å². The van der Waals surface area contributed by atoms with Crippen molar-refractivity contribution in [1.29, 1.82) is 0 Å². The summed E-state index contributed by atoms with van der Waals surface area (Å²) < 4.78 is 0. The zero-order valence-corrected chi connectivity index (χ0v) is 11.5. The van der Waals surface area contributed by atoms with Crippen LogP contribution in [0.15, 0.2) is 0 Å². The number of hydrogen-bond donors (Lipinski definition) is 1. The van der Waals surface area contributed by atoms with Crippen molar-refractivity contribution in [2.24, 2.45) is 5.92 Å². The smallest absolute Gasteiger partial charge is 0.0488 e. The lowest BCUT2D eigenvalue weighted by atomic mass is 9.99. The first kappa shape index (κ1) is 15.2. The fraction of sp³-hybridized carbons (Fsp3) is 1.00. The molecule has 0 bridgehead atoms. The Morgan fingerprint density at radius 3 is 2.27 bits per heavy atom. The number of nitrogens with zero attached hydrogens (tertiary/aromatic N) is 1. The maximum absolute atomic E-state index is 6.32. The topological polar surface area (TPSA) is 15.3 Å². The number of nitrogens with one attached hydrogen (secondary N) is 1. The van der Waals surface area contributed by atoms with Gasteiger partial charge >= 0.3 is 0 Å².